The second-order valence-electron chi connectivity index (χ2n) is 2.14. The van der Waals surface area contributed by atoms with Gasteiger partial charge in [0, 0.05) is 0 Å². The Kier molecular flexibility index (Phi) is 6.94. The molecule has 0 heterocycles. The maximum Gasteiger partial charge on any atom is 0.408 e. The summed E-state index contributed by atoms with van der Waals surface area (Å²) in [5, 5.41) is 0. The average molecular weight is 144 g/mol. The summed E-state index contributed by atoms with van der Waals surface area (Å²) in [4.78, 5) is 0. The van der Waals surface area contributed by atoms with Gasteiger partial charge in [-0.05, 0) is 0 Å². The van der Waals surface area contributed by atoms with Gasteiger partial charge in [0.25, 0.3) is 0 Å². The van der Waals surface area contributed by atoms with Crippen LogP contribution in [-0.4, -0.2) is 32.2 Å². The first-order valence-corrected chi connectivity index (χ1v) is 5.55. The lowest BCUT2D eigenvalue weighted by molar-refractivity contribution is 0.609. The highest BCUT2D eigenvalue weighted by Crippen LogP contribution is 2.11. The van der Waals surface area contributed by atoms with E-state index >= 15 is 0 Å². The van der Waals surface area contributed by atoms with Gasteiger partial charge in [0.15, 0.2) is 0 Å². The van der Waals surface area contributed by atoms with Crippen molar-refractivity contribution in [1.29, 1.82) is 0 Å². The van der Waals surface area contributed by atoms with Gasteiger partial charge >= 0.3 is 32.2 Å². The summed E-state index contributed by atoms with van der Waals surface area (Å²) in [6.45, 7) is 4.50. The number of rotatable bonds is 4. The number of hydrogen-bond donors (Lipinski definition) is 0. The predicted molar refractivity (Wildman–Crippen MR) is 41.1 cm³/mol. The van der Waals surface area contributed by atoms with Crippen molar-refractivity contribution in [3.63, 3.8) is 0 Å². The molecule has 0 aliphatic heterocycles. The van der Waals surface area contributed by atoms with E-state index in [2.05, 4.69) is 13.8 Å². The van der Waals surface area contributed by atoms with Crippen molar-refractivity contribution < 1.29 is 2.84 Å². The van der Waals surface area contributed by atoms with E-state index < -0.39 is 0 Å². The summed E-state index contributed by atoms with van der Waals surface area (Å²) >= 11 is 0.855. The lowest BCUT2D eigenvalue weighted by Gasteiger charge is -2.06. The maximum atomic E-state index is 5.26. The molecule has 0 aliphatic carbocycles. The Hall–Kier alpha value is 1.02. The van der Waals surface area contributed by atoms with Gasteiger partial charge in [0.05, 0.1) is 0 Å². The Morgan fingerprint density at radius 3 is 2.12 bits per heavy atom. The molecular formula is C5H14Al2O. The van der Waals surface area contributed by atoms with Crippen LogP contribution in [0.25, 0.3) is 0 Å². The van der Waals surface area contributed by atoms with E-state index in [-0.39, 0.29) is 15.6 Å². The Morgan fingerprint density at radius 1 is 1.50 bits per heavy atom. The molecule has 0 rings (SSSR count). The molecular weight excluding hydrogens is 130 g/mol. The monoisotopic (exact) mass is 144 g/mol. The zero-order valence-corrected chi connectivity index (χ0v) is 9.52. The van der Waals surface area contributed by atoms with Crippen molar-refractivity contribution in [3.8, 4) is 0 Å². The maximum absolute atomic E-state index is 5.26. The molecule has 3 heteroatoms. The van der Waals surface area contributed by atoms with E-state index in [4.69, 9.17) is 2.84 Å². The van der Waals surface area contributed by atoms with E-state index in [1.165, 1.54) is 12.8 Å². The first-order valence-electron chi connectivity index (χ1n) is 3.34. The van der Waals surface area contributed by atoms with Gasteiger partial charge in [-0.25, -0.2) is 0 Å². The molecule has 8 heavy (non-hydrogen) atoms. The van der Waals surface area contributed by atoms with Crippen LogP contribution >= 0.6 is 0 Å². The van der Waals surface area contributed by atoms with Crippen LogP contribution in [0.1, 0.15) is 26.7 Å². The highest BCUT2D eigenvalue weighted by molar-refractivity contribution is 6.36. The minimum absolute atomic E-state index is 0.103. The van der Waals surface area contributed by atoms with Crippen LogP contribution in [0.15, 0.2) is 0 Å². The molecule has 0 aromatic heterocycles. The molecule has 0 saturated carbocycles. The smallest absolute Gasteiger partial charge is 0.408 e. The molecule has 0 aromatic rings. The quantitative estimate of drug-likeness (QED) is 0.522. The van der Waals surface area contributed by atoms with E-state index in [0.29, 0.717) is 0 Å². The fourth-order valence-electron chi connectivity index (χ4n) is 0.760. The lowest BCUT2D eigenvalue weighted by Crippen LogP contribution is -2.03. The third kappa shape index (κ3) is 3.96. The van der Waals surface area contributed by atoms with E-state index in [1.807, 2.05) is 0 Å². The van der Waals surface area contributed by atoms with Crippen molar-refractivity contribution in [2.45, 2.75) is 31.5 Å². The van der Waals surface area contributed by atoms with E-state index in [1.54, 1.807) is 0 Å². The highest BCUT2D eigenvalue weighted by Gasteiger charge is 2.04. The van der Waals surface area contributed by atoms with Crippen LogP contribution in [0.5, 0.6) is 0 Å². The molecule has 0 bridgehead atoms. The van der Waals surface area contributed by atoms with Crippen molar-refractivity contribution in [2.75, 3.05) is 0 Å². The van der Waals surface area contributed by atoms with Gasteiger partial charge < -0.3 is 2.84 Å². The van der Waals surface area contributed by atoms with Crippen LogP contribution < -0.4 is 0 Å². The fraction of sp³-hybridized carbons (Fsp3) is 1.00. The van der Waals surface area contributed by atoms with Crippen LogP contribution in [0, 0.1) is 0 Å². The van der Waals surface area contributed by atoms with Crippen LogP contribution in [0.2, 0.25) is 4.78 Å². The van der Waals surface area contributed by atoms with Gasteiger partial charge in [0.2, 0.25) is 0 Å². The summed E-state index contributed by atoms with van der Waals surface area (Å²) in [5.74, 6) is 0. The highest BCUT2D eigenvalue weighted by atomic mass is 27.2. The van der Waals surface area contributed by atoms with Crippen molar-refractivity contribution in [2.24, 2.45) is 0 Å². The Morgan fingerprint density at radius 2 is 2.00 bits per heavy atom. The zero-order valence-electron chi connectivity index (χ0n) is 6.11. The minimum Gasteiger partial charge on any atom is -0.644 e. The molecule has 1 nitrogen and oxygen atoms in total. The van der Waals surface area contributed by atoms with Crippen LogP contribution in [0.4, 0.5) is 0 Å². The second kappa shape index (κ2) is 6.15. The average Bonchev–Trinajstić information content (AvgIpc) is 1.83. The van der Waals surface area contributed by atoms with Gasteiger partial charge in [-0.1, -0.05) is 31.5 Å². The molecule has 0 unspecified atom stereocenters. The molecule has 0 saturated heterocycles. The third-order valence-corrected chi connectivity index (χ3v) is 4.52. The summed E-state index contributed by atoms with van der Waals surface area (Å²) in [7, 11) is 0. The van der Waals surface area contributed by atoms with Crippen molar-refractivity contribution >= 4 is 32.2 Å². The molecule has 0 atom stereocenters. The van der Waals surface area contributed by atoms with Crippen LogP contribution in [-0.2, 0) is 2.84 Å². The minimum atomic E-state index is -0.103. The summed E-state index contributed by atoms with van der Waals surface area (Å²) in [6.07, 6.45) is 2.65. The molecule has 0 amide bonds. The molecule has 0 radical (unpaired) electrons. The van der Waals surface area contributed by atoms with Gasteiger partial charge in [-0.15, -0.1) is 0 Å². The topological polar surface area (TPSA) is 9.23 Å². The predicted octanol–water partition coefficient (Wildman–Crippen LogP) is 0.511. The standard InChI is InChI=1S/C5H11.2Al.O.3H/c1-3-5-4-2;;;;;;/h5H,3-4H2,1-2H3;;;;;;. The molecule has 0 fully saturated rings. The fourth-order valence-corrected chi connectivity index (χ4v) is 3.12. The Bertz CT molecular complexity index is 45.7. The second-order valence-corrected chi connectivity index (χ2v) is 5.94. The normalized spacial score (nSPS) is 9.88. The third-order valence-electron chi connectivity index (χ3n) is 1.56. The van der Waals surface area contributed by atoms with Gasteiger partial charge in [0.1, 0.15) is 0 Å². The lowest BCUT2D eigenvalue weighted by atomic mass is 10.3. The Balaban J connectivity index is 3.07. The zero-order chi connectivity index (χ0) is 6.41. The summed E-state index contributed by atoms with van der Waals surface area (Å²) < 4.78 is 6.21. The molecule has 0 N–H and O–H groups in total. The van der Waals surface area contributed by atoms with E-state index in [9.17, 15) is 0 Å². The van der Waals surface area contributed by atoms with Gasteiger partial charge in [-0.3, -0.25) is 0 Å². The van der Waals surface area contributed by atoms with Crippen molar-refractivity contribution in [1.82, 2.24) is 0 Å². The summed E-state index contributed by atoms with van der Waals surface area (Å²) in [6, 6.07) is 0. The molecule has 0 aliphatic rings. The molecule has 0 spiro atoms. The van der Waals surface area contributed by atoms with Gasteiger partial charge in [-0.2, -0.15) is 0 Å². The summed E-state index contributed by atoms with van der Waals surface area (Å²) in [5.41, 5.74) is 0. The molecule has 46 valence electrons. The van der Waals surface area contributed by atoms with Crippen molar-refractivity contribution in [3.05, 3.63) is 0 Å². The number of hydrogen-bond acceptors (Lipinski definition) is 1. The molecule has 0 aromatic carbocycles. The first-order chi connectivity index (χ1) is 3.85. The van der Waals surface area contributed by atoms with Crippen LogP contribution in [0.3, 0.4) is 0 Å². The largest absolute Gasteiger partial charge is 0.644 e. The van der Waals surface area contributed by atoms with E-state index in [0.717, 1.165) is 21.4 Å². The SMILES string of the molecule is CC[CH](CC)[AlH][O][AlH2]. The first kappa shape index (κ1) is 9.02. The Labute approximate surface area is 66.6 Å².